The Labute approximate surface area is 257 Å². The van der Waals surface area contributed by atoms with Gasteiger partial charge in [0.2, 0.25) is 17.7 Å². The summed E-state index contributed by atoms with van der Waals surface area (Å²) in [7, 11) is 2.12. The number of benzene rings is 1. The zero-order valence-corrected chi connectivity index (χ0v) is 26.8. The minimum Gasteiger partial charge on any atom is -0.351 e. The van der Waals surface area contributed by atoms with Gasteiger partial charge >= 0.3 is 0 Å². The molecular weight excluding hydrogens is 548 g/mol. The molecule has 1 aromatic rings. The predicted molar refractivity (Wildman–Crippen MR) is 167 cm³/mol. The van der Waals surface area contributed by atoms with E-state index in [0.29, 0.717) is 49.2 Å². The molecule has 2 aliphatic carbocycles. The van der Waals surface area contributed by atoms with E-state index in [2.05, 4.69) is 22.6 Å². The number of hydrogen-bond donors (Lipinski definition) is 2. The quantitative estimate of drug-likeness (QED) is 0.452. The lowest BCUT2D eigenvalue weighted by Crippen LogP contribution is -2.60. The summed E-state index contributed by atoms with van der Waals surface area (Å²) in [5.41, 5.74) is 0.232. The molecule has 2 bridgehead atoms. The summed E-state index contributed by atoms with van der Waals surface area (Å²) in [6.45, 7) is 8.25. The molecule has 4 atom stereocenters. The van der Waals surface area contributed by atoms with Crippen LogP contribution >= 0.6 is 11.6 Å². The van der Waals surface area contributed by atoms with Crippen molar-refractivity contribution in [1.29, 1.82) is 0 Å². The van der Waals surface area contributed by atoms with Crippen LogP contribution in [0.15, 0.2) is 24.3 Å². The van der Waals surface area contributed by atoms with Gasteiger partial charge in [0.25, 0.3) is 0 Å². The van der Waals surface area contributed by atoms with Gasteiger partial charge in [0.1, 0.15) is 6.04 Å². The van der Waals surface area contributed by atoms with Crippen LogP contribution in [0, 0.1) is 23.2 Å². The van der Waals surface area contributed by atoms with Crippen molar-refractivity contribution in [2.75, 3.05) is 26.7 Å². The summed E-state index contributed by atoms with van der Waals surface area (Å²) in [4.78, 5) is 46.0. The van der Waals surface area contributed by atoms with Gasteiger partial charge in [-0.1, -0.05) is 43.0 Å². The molecular formula is C34H51ClN4O3. The lowest BCUT2D eigenvalue weighted by atomic mass is 9.63. The van der Waals surface area contributed by atoms with Crippen LogP contribution in [0.3, 0.4) is 0 Å². The fourth-order valence-electron chi connectivity index (χ4n) is 8.38. The zero-order chi connectivity index (χ0) is 30.1. The monoisotopic (exact) mass is 598 g/mol. The van der Waals surface area contributed by atoms with Crippen molar-refractivity contribution in [2.45, 2.75) is 109 Å². The molecule has 0 radical (unpaired) electrons. The molecule has 7 nitrogen and oxygen atoms in total. The number of rotatable bonds is 7. The Bertz CT molecular complexity index is 1120. The molecule has 42 heavy (non-hydrogen) atoms. The molecule has 232 valence electrons. The Morgan fingerprint density at radius 2 is 1.67 bits per heavy atom. The number of carbonyl (C=O) groups excluding carboxylic acids is 3. The fourth-order valence-corrected chi connectivity index (χ4v) is 8.51. The zero-order valence-electron chi connectivity index (χ0n) is 26.1. The number of piperidine rings is 3. The Morgan fingerprint density at radius 3 is 2.26 bits per heavy atom. The molecule has 8 heteroatoms. The topological polar surface area (TPSA) is 81.8 Å². The molecule has 0 unspecified atom stereocenters. The van der Waals surface area contributed by atoms with Gasteiger partial charge in [-0.15, -0.1) is 0 Å². The van der Waals surface area contributed by atoms with Gasteiger partial charge in [0.05, 0.1) is 11.3 Å². The minimum absolute atomic E-state index is 0.00156. The average molecular weight is 599 g/mol. The maximum Gasteiger partial charge on any atom is 0.245 e. The molecule has 3 amide bonds. The predicted octanol–water partition coefficient (Wildman–Crippen LogP) is 5.20. The third-order valence-electron chi connectivity index (χ3n) is 10.6. The number of carbonyl (C=O) groups is 3. The van der Waals surface area contributed by atoms with Gasteiger partial charge in [-0.05, 0) is 102 Å². The molecule has 2 N–H and O–H groups in total. The van der Waals surface area contributed by atoms with Gasteiger partial charge in [0, 0.05) is 42.7 Å². The Kier molecular flexibility index (Phi) is 9.58. The summed E-state index contributed by atoms with van der Waals surface area (Å²) in [6.07, 6.45) is 10.6. The molecule has 0 spiro atoms. The maximum atomic E-state index is 14.2. The van der Waals surface area contributed by atoms with E-state index in [-0.39, 0.29) is 35.2 Å². The Balaban J connectivity index is 1.32. The lowest BCUT2D eigenvalue weighted by Gasteiger charge is -2.48. The first-order valence-corrected chi connectivity index (χ1v) is 16.7. The van der Waals surface area contributed by atoms with Gasteiger partial charge < -0.3 is 20.4 Å². The van der Waals surface area contributed by atoms with Gasteiger partial charge in [-0.25, -0.2) is 0 Å². The van der Waals surface area contributed by atoms with Crippen molar-refractivity contribution in [3.8, 4) is 0 Å². The Hall–Kier alpha value is -2.12. The highest BCUT2D eigenvalue weighted by molar-refractivity contribution is 6.30. The first kappa shape index (κ1) is 31.3. The highest BCUT2D eigenvalue weighted by Crippen LogP contribution is 2.46. The van der Waals surface area contributed by atoms with E-state index in [4.69, 9.17) is 11.6 Å². The van der Waals surface area contributed by atoms with Crippen LogP contribution in [0.5, 0.6) is 0 Å². The van der Waals surface area contributed by atoms with Crippen molar-refractivity contribution in [3.63, 3.8) is 0 Å². The molecule has 5 fully saturated rings. The van der Waals surface area contributed by atoms with Crippen LogP contribution in [-0.2, 0) is 20.8 Å². The number of halogens is 1. The number of fused-ring (bicyclic) bond motifs is 3. The summed E-state index contributed by atoms with van der Waals surface area (Å²) in [5, 5.41) is 7.17. The third kappa shape index (κ3) is 6.99. The fraction of sp³-hybridized carbons (Fsp3) is 0.735. The summed E-state index contributed by atoms with van der Waals surface area (Å²) in [5.74, 6) is 0.938. The van der Waals surface area contributed by atoms with Gasteiger partial charge in [-0.2, -0.15) is 0 Å². The first-order valence-electron chi connectivity index (χ1n) is 16.3. The van der Waals surface area contributed by atoms with Crippen molar-refractivity contribution in [2.24, 2.45) is 23.2 Å². The largest absolute Gasteiger partial charge is 0.351 e. The molecule has 3 aliphatic heterocycles. The summed E-state index contributed by atoms with van der Waals surface area (Å²) >= 11 is 6.14. The van der Waals surface area contributed by atoms with Crippen molar-refractivity contribution < 1.29 is 14.4 Å². The van der Waals surface area contributed by atoms with Crippen molar-refractivity contribution in [3.05, 3.63) is 34.9 Å². The first-order chi connectivity index (χ1) is 19.9. The van der Waals surface area contributed by atoms with E-state index in [1.165, 1.54) is 25.7 Å². The van der Waals surface area contributed by atoms with Crippen LogP contribution in [0.4, 0.5) is 0 Å². The molecule has 6 rings (SSSR count). The number of likely N-dealkylation sites (tertiary alicyclic amines) is 1. The van der Waals surface area contributed by atoms with E-state index < -0.39 is 11.5 Å². The maximum absolute atomic E-state index is 14.2. The smallest absolute Gasteiger partial charge is 0.245 e. The minimum atomic E-state index is -0.644. The number of nitrogens with zero attached hydrogens (tertiary/aromatic N) is 2. The summed E-state index contributed by atoms with van der Waals surface area (Å²) in [6, 6.07) is 7.15. The number of amides is 3. The van der Waals surface area contributed by atoms with Crippen LogP contribution in [0.1, 0.15) is 90.5 Å². The second kappa shape index (κ2) is 12.9. The van der Waals surface area contributed by atoms with E-state index in [1.54, 1.807) is 0 Å². The highest BCUT2D eigenvalue weighted by Gasteiger charge is 2.49. The van der Waals surface area contributed by atoms with Crippen LogP contribution < -0.4 is 10.6 Å². The SMILES string of the molecule is CN1C[C@H]2CC[C@@H]1[C@@H](C(=O)N[C@H](Cc1ccc(Cl)cc1)C(=O)N1CCC(C(=O)NC(C)(C)C)(C3CCCCC3)CC1)C2. The molecule has 3 heterocycles. The average Bonchev–Trinajstić information content (AvgIpc) is 2.97. The van der Waals surface area contributed by atoms with Crippen LogP contribution in [0.2, 0.25) is 5.02 Å². The number of nitrogens with one attached hydrogen (secondary N) is 2. The van der Waals surface area contributed by atoms with E-state index in [9.17, 15) is 14.4 Å². The van der Waals surface area contributed by atoms with Crippen molar-refractivity contribution >= 4 is 29.3 Å². The standard InChI is InChI=1S/C34H51ClN4O3/c1-33(2,3)37-32(42)34(25-8-6-5-7-9-25)16-18-39(19-17-34)31(41)28(21-23-10-13-26(35)14-11-23)36-30(40)27-20-24-12-15-29(27)38(4)22-24/h10-11,13-14,24-25,27-29H,5-9,12,15-22H2,1-4H3,(H,36,40)(H,37,42)/t24-,27-,28+,29+/m0/s1. The van der Waals surface area contributed by atoms with Gasteiger partial charge in [-0.3, -0.25) is 14.4 Å². The molecule has 5 aliphatic rings. The van der Waals surface area contributed by atoms with Gasteiger partial charge in [0.15, 0.2) is 0 Å². The highest BCUT2D eigenvalue weighted by atomic mass is 35.5. The van der Waals surface area contributed by atoms with Crippen LogP contribution in [0.25, 0.3) is 0 Å². The second-order valence-electron chi connectivity index (χ2n) is 14.7. The lowest BCUT2D eigenvalue weighted by molar-refractivity contribution is -0.148. The number of hydrogen-bond acceptors (Lipinski definition) is 4. The summed E-state index contributed by atoms with van der Waals surface area (Å²) < 4.78 is 0. The Morgan fingerprint density at radius 1 is 1.00 bits per heavy atom. The molecule has 2 saturated carbocycles. The molecule has 1 aromatic carbocycles. The van der Waals surface area contributed by atoms with Crippen LogP contribution in [-0.4, -0.2) is 71.8 Å². The normalized spacial score (nSPS) is 27.4. The second-order valence-corrected chi connectivity index (χ2v) is 15.1. The van der Waals surface area contributed by atoms with Crippen molar-refractivity contribution in [1.82, 2.24) is 20.4 Å². The van der Waals surface area contributed by atoms with E-state index in [0.717, 1.165) is 37.8 Å². The third-order valence-corrected chi connectivity index (χ3v) is 10.9. The molecule has 3 saturated heterocycles. The molecule has 0 aromatic heterocycles. The van der Waals surface area contributed by atoms with E-state index in [1.807, 2.05) is 49.9 Å². The van der Waals surface area contributed by atoms with E-state index >= 15 is 0 Å².